The SMILES string of the molecule is CC(=O)O[C@@H]1[C@@H]2C(=C[C@H](C)C(=O)[C@]1(C)O)C[C@H]1[C@H](O)C(C)=C(C)[C@H]3[C@H](Cc4ccccc4)NC(=O)[C@@]13[C@@H]2O. The number of amides is 1. The Kier molecular flexibility index (Phi) is 6.44. The molecular weight excluding hydrogens is 486 g/mol. The third-order valence-corrected chi connectivity index (χ3v) is 9.71. The van der Waals surface area contributed by atoms with Crippen LogP contribution < -0.4 is 5.32 Å². The normalized spacial score (nSPS) is 42.4. The van der Waals surface area contributed by atoms with Crippen molar-refractivity contribution in [1.82, 2.24) is 5.32 Å². The Morgan fingerprint density at radius 1 is 1.13 bits per heavy atom. The Bertz CT molecular complexity index is 1230. The molecule has 3 aliphatic carbocycles. The monoisotopic (exact) mass is 523 g/mol. The molecule has 1 amide bonds. The third kappa shape index (κ3) is 3.64. The zero-order valence-electron chi connectivity index (χ0n) is 22.5. The Hall–Kier alpha value is -2.81. The van der Waals surface area contributed by atoms with Crippen LogP contribution in [0.15, 0.2) is 53.1 Å². The molecule has 1 aromatic rings. The summed E-state index contributed by atoms with van der Waals surface area (Å²) in [4.78, 5) is 39.5. The molecule has 4 N–H and O–H groups in total. The van der Waals surface area contributed by atoms with Crippen molar-refractivity contribution in [3.05, 3.63) is 58.7 Å². The quantitative estimate of drug-likeness (QED) is 0.351. The van der Waals surface area contributed by atoms with Crippen LogP contribution in [-0.2, 0) is 25.5 Å². The fourth-order valence-corrected chi connectivity index (χ4v) is 7.95. The van der Waals surface area contributed by atoms with Gasteiger partial charge < -0.3 is 25.4 Å². The number of hydrogen-bond donors (Lipinski definition) is 4. The minimum absolute atomic E-state index is 0.223. The summed E-state index contributed by atoms with van der Waals surface area (Å²) in [6.07, 6.45) is -1.33. The van der Waals surface area contributed by atoms with E-state index in [4.69, 9.17) is 4.74 Å². The van der Waals surface area contributed by atoms with Crippen LogP contribution in [-0.4, -0.2) is 62.9 Å². The van der Waals surface area contributed by atoms with Crippen LogP contribution in [0.1, 0.15) is 46.6 Å². The molecule has 0 bridgehead atoms. The third-order valence-electron chi connectivity index (χ3n) is 9.71. The van der Waals surface area contributed by atoms with Gasteiger partial charge in [-0.1, -0.05) is 54.5 Å². The van der Waals surface area contributed by atoms with Crippen molar-refractivity contribution in [3.8, 4) is 0 Å². The van der Waals surface area contributed by atoms with Crippen LogP contribution in [0.3, 0.4) is 0 Å². The zero-order valence-corrected chi connectivity index (χ0v) is 22.5. The molecule has 1 aliphatic heterocycles. The van der Waals surface area contributed by atoms with E-state index in [1.807, 2.05) is 44.2 Å². The molecule has 2 fully saturated rings. The molecule has 38 heavy (non-hydrogen) atoms. The van der Waals surface area contributed by atoms with E-state index in [-0.39, 0.29) is 18.4 Å². The van der Waals surface area contributed by atoms with E-state index in [9.17, 15) is 29.7 Å². The second-order valence-corrected chi connectivity index (χ2v) is 11.8. The molecule has 1 aromatic carbocycles. The van der Waals surface area contributed by atoms with Gasteiger partial charge in [-0.05, 0) is 44.7 Å². The number of nitrogens with one attached hydrogen (secondary N) is 1. The zero-order chi connectivity index (χ0) is 27.7. The largest absolute Gasteiger partial charge is 0.458 e. The van der Waals surface area contributed by atoms with E-state index in [1.165, 1.54) is 13.8 Å². The highest BCUT2D eigenvalue weighted by Crippen LogP contribution is 2.63. The summed E-state index contributed by atoms with van der Waals surface area (Å²) >= 11 is 0. The van der Waals surface area contributed by atoms with E-state index in [2.05, 4.69) is 5.32 Å². The smallest absolute Gasteiger partial charge is 0.303 e. The Morgan fingerprint density at radius 2 is 1.79 bits per heavy atom. The van der Waals surface area contributed by atoms with Gasteiger partial charge >= 0.3 is 5.97 Å². The number of benzene rings is 1. The molecule has 10 atom stereocenters. The first-order chi connectivity index (χ1) is 17.8. The summed E-state index contributed by atoms with van der Waals surface area (Å²) in [6, 6.07) is 9.44. The number of hydrogen-bond acceptors (Lipinski definition) is 7. The Morgan fingerprint density at radius 3 is 2.42 bits per heavy atom. The van der Waals surface area contributed by atoms with Crippen LogP contribution in [0.4, 0.5) is 0 Å². The van der Waals surface area contributed by atoms with Crippen molar-refractivity contribution in [2.24, 2.45) is 29.1 Å². The molecule has 5 rings (SSSR count). The molecule has 0 radical (unpaired) electrons. The van der Waals surface area contributed by atoms with E-state index in [1.54, 1.807) is 13.0 Å². The highest BCUT2D eigenvalue weighted by atomic mass is 16.6. The van der Waals surface area contributed by atoms with Gasteiger partial charge in [-0.3, -0.25) is 14.4 Å². The molecule has 1 saturated carbocycles. The van der Waals surface area contributed by atoms with Crippen LogP contribution in [0.25, 0.3) is 0 Å². The average molecular weight is 524 g/mol. The molecule has 1 spiro atoms. The number of aliphatic hydroxyl groups is 3. The molecule has 4 aliphatic rings. The van der Waals surface area contributed by atoms with Gasteiger partial charge in [-0.15, -0.1) is 0 Å². The van der Waals surface area contributed by atoms with Gasteiger partial charge in [-0.25, -0.2) is 0 Å². The van der Waals surface area contributed by atoms with E-state index < -0.39 is 64.8 Å². The predicted octanol–water partition coefficient (Wildman–Crippen LogP) is 1.87. The van der Waals surface area contributed by atoms with Crippen LogP contribution >= 0.6 is 0 Å². The van der Waals surface area contributed by atoms with Crippen LogP contribution in [0.2, 0.25) is 0 Å². The minimum Gasteiger partial charge on any atom is -0.458 e. The predicted molar refractivity (Wildman–Crippen MR) is 138 cm³/mol. The maximum atomic E-state index is 14.1. The number of ether oxygens (including phenoxy) is 1. The molecule has 8 nitrogen and oxygen atoms in total. The first-order valence-corrected chi connectivity index (χ1v) is 13.4. The minimum atomic E-state index is -2.08. The standard InChI is InChI=1S/C30H37NO7/c1-14-11-19-13-20-24(33)16(3)15(2)23-21(12-18-9-7-6-8-10-18)31-28(36)30(20,23)26(35)22(19)27(38-17(4)32)29(5,37)25(14)34/h6-11,14,20-24,26-27,33,35,37H,12-13H2,1-5H3,(H,31,36)/t14-,20-,21-,22+,23-,24+,26+,27+,29-,30-/m0/s1. The van der Waals surface area contributed by atoms with E-state index in [0.29, 0.717) is 12.0 Å². The number of Topliss-reactive ketones (excluding diaryl/α,β-unsaturated/α-hetero) is 1. The number of rotatable bonds is 3. The molecule has 0 unspecified atom stereocenters. The van der Waals surface area contributed by atoms with E-state index in [0.717, 1.165) is 16.7 Å². The summed E-state index contributed by atoms with van der Waals surface area (Å²) in [5, 5.41) is 38.4. The number of carbonyl (C=O) groups excluding carboxylic acids is 3. The lowest BCUT2D eigenvalue weighted by molar-refractivity contribution is -0.194. The fraction of sp³-hybridized carbons (Fsp3) is 0.567. The van der Waals surface area contributed by atoms with Gasteiger partial charge in [0.05, 0.1) is 17.6 Å². The molecular formula is C30H37NO7. The van der Waals surface area contributed by atoms with Gasteiger partial charge in [-0.2, -0.15) is 0 Å². The second kappa shape index (κ2) is 9.14. The highest BCUT2D eigenvalue weighted by molar-refractivity contribution is 5.92. The van der Waals surface area contributed by atoms with Gasteiger partial charge in [0, 0.05) is 36.6 Å². The highest BCUT2D eigenvalue weighted by Gasteiger charge is 2.72. The maximum Gasteiger partial charge on any atom is 0.303 e. The molecule has 8 heteroatoms. The van der Waals surface area contributed by atoms with Crippen molar-refractivity contribution in [2.45, 2.75) is 77.4 Å². The number of allylic oxidation sites excluding steroid dienone is 1. The fourth-order valence-electron chi connectivity index (χ4n) is 7.95. The van der Waals surface area contributed by atoms with Gasteiger partial charge in [0.25, 0.3) is 0 Å². The number of fused-ring (bicyclic) bond motifs is 1. The summed E-state index contributed by atoms with van der Waals surface area (Å²) < 4.78 is 5.59. The first kappa shape index (κ1) is 26.8. The van der Waals surface area contributed by atoms with Crippen molar-refractivity contribution in [1.29, 1.82) is 0 Å². The lowest BCUT2D eigenvalue weighted by atomic mass is 9.47. The maximum absolute atomic E-state index is 14.1. The lowest BCUT2D eigenvalue weighted by Crippen LogP contribution is -2.66. The number of aliphatic hydroxyl groups excluding tert-OH is 2. The second-order valence-electron chi connectivity index (χ2n) is 11.8. The van der Waals surface area contributed by atoms with Gasteiger partial charge in [0.2, 0.25) is 5.91 Å². The molecule has 0 aromatic heterocycles. The number of ketones is 1. The van der Waals surface area contributed by atoms with Crippen molar-refractivity contribution >= 4 is 17.7 Å². The van der Waals surface area contributed by atoms with Gasteiger partial charge in [0.1, 0.15) is 6.10 Å². The summed E-state index contributed by atoms with van der Waals surface area (Å²) in [5.41, 5.74) is -0.257. The first-order valence-electron chi connectivity index (χ1n) is 13.4. The van der Waals surface area contributed by atoms with E-state index >= 15 is 0 Å². The number of esters is 1. The summed E-state index contributed by atoms with van der Waals surface area (Å²) in [6.45, 7) is 7.92. The Balaban J connectivity index is 1.69. The van der Waals surface area contributed by atoms with Gasteiger partial charge in [0.15, 0.2) is 11.4 Å². The van der Waals surface area contributed by atoms with Crippen LogP contribution in [0, 0.1) is 29.1 Å². The van der Waals surface area contributed by atoms with Crippen LogP contribution in [0.5, 0.6) is 0 Å². The Labute approximate surface area is 222 Å². The lowest BCUT2D eigenvalue weighted by Gasteiger charge is -2.57. The summed E-state index contributed by atoms with van der Waals surface area (Å²) in [7, 11) is 0. The molecule has 204 valence electrons. The molecule has 1 saturated heterocycles. The van der Waals surface area contributed by atoms with Crippen molar-refractivity contribution < 1.29 is 34.4 Å². The van der Waals surface area contributed by atoms with Crippen molar-refractivity contribution in [2.75, 3.05) is 0 Å². The number of carbonyl (C=O) groups is 3. The average Bonchev–Trinajstić information content (AvgIpc) is 3.12. The van der Waals surface area contributed by atoms with Crippen molar-refractivity contribution in [3.63, 3.8) is 0 Å². The topological polar surface area (TPSA) is 133 Å². The summed E-state index contributed by atoms with van der Waals surface area (Å²) in [5.74, 6) is -4.40. The molecule has 1 heterocycles.